The highest BCUT2D eigenvalue weighted by Gasteiger charge is 2.27. The monoisotopic (exact) mass is 280 g/mol. The molecule has 18 heavy (non-hydrogen) atoms. The van der Waals surface area contributed by atoms with E-state index in [1.807, 2.05) is 27.7 Å². The van der Waals surface area contributed by atoms with E-state index in [4.69, 9.17) is 0 Å². The van der Waals surface area contributed by atoms with E-state index in [1.54, 1.807) is 33.7 Å². The molecule has 0 aliphatic heterocycles. The van der Waals surface area contributed by atoms with Gasteiger partial charge in [-0.25, -0.2) is 9.97 Å². The van der Waals surface area contributed by atoms with Crippen molar-refractivity contribution < 1.29 is 4.79 Å². The van der Waals surface area contributed by atoms with Crippen molar-refractivity contribution in [3.8, 4) is 0 Å². The first kappa shape index (κ1) is 13.4. The summed E-state index contributed by atoms with van der Waals surface area (Å²) in [6.45, 7) is 7.85. The second kappa shape index (κ2) is 5.28. The van der Waals surface area contributed by atoms with Crippen LogP contribution in [-0.4, -0.2) is 15.8 Å². The number of aryl methyl sites for hydroxylation is 2. The van der Waals surface area contributed by atoms with E-state index in [-0.39, 0.29) is 17.6 Å². The SMILES string of the molecule is Cc1ncsc1C(C)C(=O)C(C)c1scnc1C. The van der Waals surface area contributed by atoms with Gasteiger partial charge in [0.25, 0.3) is 0 Å². The summed E-state index contributed by atoms with van der Waals surface area (Å²) in [6, 6.07) is 0. The van der Waals surface area contributed by atoms with Gasteiger partial charge in [0.1, 0.15) is 5.78 Å². The van der Waals surface area contributed by atoms with Crippen LogP contribution >= 0.6 is 22.7 Å². The Morgan fingerprint density at radius 1 is 1.00 bits per heavy atom. The Hall–Kier alpha value is -1.07. The van der Waals surface area contributed by atoms with Gasteiger partial charge in [-0.1, -0.05) is 13.8 Å². The molecule has 0 aliphatic carbocycles. The molecule has 3 nitrogen and oxygen atoms in total. The van der Waals surface area contributed by atoms with Crippen molar-refractivity contribution in [1.29, 1.82) is 0 Å². The van der Waals surface area contributed by atoms with E-state index in [9.17, 15) is 4.79 Å². The van der Waals surface area contributed by atoms with Crippen LogP contribution in [0, 0.1) is 13.8 Å². The molecule has 2 rings (SSSR count). The summed E-state index contributed by atoms with van der Waals surface area (Å²) in [7, 11) is 0. The molecule has 2 aromatic heterocycles. The van der Waals surface area contributed by atoms with Crippen LogP contribution in [-0.2, 0) is 4.79 Å². The van der Waals surface area contributed by atoms with Crippen molar-refractivity contribution >= 4 is 28.5 Å². The summed E-state index contributed by atoms with van der Waals surface area (Å²) in [5.74, 6) is 0.0673. The minimum absolute atomic E-state index is 0.0889. The molecule has 0 N–H and O–H groups in total. The lowest BCUT2D eigenvalue weighted by Crippen LogP contribution is -2.16. The quantitative estimate of drug-likeness (QED) is 0.857. The third kappa shape index (κ3) is 2.37. The average Bonchev–Trinajstić information content (AvgIpc) is 2.95. The molecule has 0 aromatic carbocycles. The van der Waals surface area contributed by atoms with E-state index < -0.39 is 0 Å². The maximum Gasteiger partial charge on any atom is 0.148 e. The number of carbonyl (C=O) groups is 1. The van der Waals surface area contributed by atoms with Gasteiger partial charge in [0.2, 0.25) is 0 Å². The third-order valence-electron chi connectivity index (χ3n) is 3.21. The summed E-state index contributed by atoms with van der Waals surface area (Å²) in [5, 5.41) is 0. The van der Waals surface area contributed by atoms with Gasteiger partial charge in [-0.2, -0.15) is 0 Å². The van der Waals surface area contributed by atoms with Crippen molar-refractivity contribution in [3.63, 3.8) is 0 Å². The Balaban J connectivity index is 2.22. The summed E-state index contributed by atoms with van der Waals surface area (Å²) in [5.41, 5.74) is 5.54. The summed E-state index contributed by atoms with van der Waals surface area (Å²) in [4.78, 5) is 23.1. The number of ketones is 1. The first-order chi connectivity index (χ1) is 8.52. The van der Waals surface area contributed by atoms with Crippen LogP contribution < -0.4 is 0 Å². The van der Waals surface area contributed by atoms with E-state index in [2.05, 4.69) is 9.97 Å². The molecule has 5 heteroatoms. The Bertz CT molecular complexity index is 511. The lowest BCUT2D eigenvalue weighted by Gasteiger charge is -2.15. The minimum atomic E-state index is -0.0889. The van der Waals surface area contributed by atoms with Crippen LogP contribution in [0.15, 0.2) is 11.0 Å². The normalized spacial score (nSPS) is 14.4. The zero-order valence-corrected chi connectivity index (χ0v) is 12.6. The molecule has 2 heterocycles. The number of carbonyl (C=O) groups excluding carboxylic acids is 1. The maximum absolute atomic E-state index is 12.5. The summed E-state index contributed by atoms with van der Waals surface area (Å²) in [6.07, 6.45) is 0. The van der Waals surface area contributed by atoms with Crippen molar-refractivity contribution in [2.24, 2.45) is 0 Å². The van der Waals surface area contributed by atoms with Gasteiger partial charge in [-0.05, 0) is 13.8 Å². The standard InChI is InChI=1S/C13H16N2OS2/c1-7(12-9(3)14-5-17-12)11(16)8(2)13-10(4)15-6-18-13/h5-8H,1-4H3. The van der Waals surface area contributed by atoms with Crippen molar-refractivity contribution in [3.05, 3.63) is 32.2 Å². The van der Waals surface area contributed by atoms with Gasteiger partial charge < -0.3 is 0 Å². The van der Waals surface area contributed by atoms with Gasteiger partial charge in [0, 0.05) is 9.75 Å². The zero-order chi connectivity index (χ0) is 13.3. The van der Waals surface area contributed by atoms with E-state index >= 15 is 0 Å². The highest BCUT2D eigenvalue weighted by Crippen LogP contribution is 2.32. The van der Waals surface area contributed by atoms with Crippen LogP contribution in [0.1, 0.15) is 46.8 Å². The maximum atomic E-state index is 12.5. The fourth-order valence-corrected chi connectivity index (χ4v) is 3.82. The third-order valence-corrected chi connectivity index (χ3v) is 5.43. The second-order valence-electron chi connectivity index (χ2n) is 4.45. The molecule has 0 fully saturated rings. The van der Waals surface area contributed by atoms with E-state index in [0.29, 0.717) is 0 Å². The number of thiazole rings is 2. The zero-order valence-electron chi connectivity index (χ0n) is 10.9. The number of hydrogen-bond acceptors (Lipinski definition) is 5. The molecule has 0 spiro atoms. The Kier molecular flexibility index (Phi) is 3.92. The fourth-order valence-electron chi connectivity index (χ4n) is 2.09. The average molecular weight is 280 g/mol. The number of nitrogens with zero attached hydrogens (tertiary/aromatic N) is 2. The van der Waals surface area contributed by atoms with E-state index in [0.717, 1.165) is 21.1 Å². The number of Topliss-reactive ketones (excluding diaryl/α,β-unsaturated/α-hetero) is 1. The topological polar surface area (TPSA) is 42.9 Å². The smallest absolute Gasteiger partial charge is 0.148 e. The molecular formula is C13H16N2OS2. The minimum Gasteiger partial charge on any atom is -0.298 e. The summed E-state index contributed by atoms with van der Waals surface area (Å²) >= 11 is 3.12. The summed E-state index contributed by atoms with van der Waals surface area (Å²) < 4.78 is 0. The molecule has 96 valence electrons. The van der Waals surface area contributed by atoms with Gasteiger partial charge >= 0.3 is 0 Å². The van der Waals surface area contributed by atoms with Crippen molar-refractivity contribution in [2.75, 3.05) is 0 Å². The van der Waals surface area contributed by atoms with Gasteiger partial charge in [-0.15, -0.1) is 22.7 Å². The molecule has 2 unspecified atom stereocenters. The van der Waals surface area contributed by atoms with E-state index in [1.165, 1.54) is 0 Å². The predicted molar refractivity (Wildman–Crippen MR) is 75.5 cm³/mol. The first-order valence-electron chi connectivity index (χ1n) is 5.86. The molecule has 0 aliphatic rings. The second-order valence-corrected chi connectivity index (χ2v) is 6.22. The molecule has 0 saturated heterocycles. The van der Waals surface area contributed by atoms with Gasteiger partial charge in [-0.3, -0.25) is 4.79 Å². The molecule has 0 radical (unpaired) electrons. The van der Waals surface area contributed by atoms with Crippen LogP contribution in [0.2, 0.25) is 0 Å². The molecule has 0 bridgehead atoms. The van der Waals surface area contributed by atoms with Gasteiger partial charge in [0.05, 0.1) is 34.2 Å². The van der Waals surface area contributed by atoms with Crippen LogP contribution in [0.3, 0.4) is 0 Å². The highest BCUT2D eigenvalue weighted by molar-refractivity contribution is 7.10. The molecular weight excluding hydrogens is 264 g/mol. The molecule has 0 amide bonds. The lowest BCUT2D eigenvalue weighted by atomic mass is 9.92. The van der Waals surface area contributed by atoms with Crippen LogP contribution in [0.5, 0.6) is 0 Å². The van der Waals surface area contributed by atoms with Gasteiger partial charge in [0.15, 0.2) is 0 Å². The fraction of sp³-hybridized carbons (Fsp3) is 0.462. The molecule has 0 saturated carbocycles. The van der Waals surface area contributed by atoms with Crippen molar-refractivity contribution in [1.82, 2.24) is 9.97 Å². The largest absolute Gasteiger partial charge is 0.298 e. The van der Waals surface area contributed by atoms with Crippen LogP contribution in [0.4, 0.5) is 0 Å². The van der Waals surface area contributed by atoms with Crippen molar-refractivity contribution in [2.45, 2.75) is 39.5 Å². The Labute approximate surface area is 115 Å². The predicted octanol–water partition coefficient (Wildman–Crippen LogP) is 3.69. The number of aromatic nitrogens is 2. The number of rotatable bonds is 4. The number of hydrogen-bond donors (Lipinski definition) is 0. The van der Waals surface area contributed by atoms with Crippen LogP contribution in [0.25, 0.3) is 0 Å². The lowest BCUT2D eigenvalue weighted by molar-refractivity contribution is -0.121. The molecule has 2 aromatic rings. The first-order valence-corrected chi connectivity index (χ1v) is 7.62. The Morgan fingerprint density at radius 2 is 1.39 bits per heavy atom. The molecule has 2 atom stereocenters. The highest BCUT2D eigenvalue weighted by atomic mass is 32.1. The Morgan fingerprint density at radius 3 is 1.67 bits per heavy atom.